The van der Waals surface area contributed by atoms with Crippen LogP contribution in [0.3, 0.4) is 0 Å². The van der Waals surface area contributed by atoms with Crippen LogP contribution in [0.1, 0.15) is 56.5 Å². The van der Waals surface area contributed by atoms with Gasteiger partial charge in [0.1, 0.15) is 11.8 Å². The van der Waals surface area contributed by atoms with Gasteiger partial charge in [-0.2, -0.15) is 0 Å². The molecule has 0 N–H and O–H groups in total. The molecule has 2 aromatic rings. The fourth-order valence-corrected chi connectivity index (χ4v) is 3.76. The topological polar surface area (TPSA) is 84.0 Å². The van der Waals surface area contributed by atoms with Gasteiger partial charge in [0.05, 0.1) is 12.1 Å². The summed E-state index contributed by atoms with van der Waals surface area (Å²) < 4.78 is 5.01. The van der Waals surface area contributed by atoms with Crippen LogP contribution in [0, 0.1) is 6.92 Å². The zero-order valence-electron chi connectivity index (χ0n) is 19.0. The van der Waals surface area contributed by atoms with Crippen molar-refractivity contribution in [2.24, 2.45) is 0 Å². The van der Waals surface area contributed by atoms with E-state index in [0.717, 1.165) is 10.5 Å². The molecular formula is C25H28N2O5. The minimum absolute atomic E-state index is 0.0917. The van der Waals surface area contributed by atoms with Crippen LogP contribution in [-0.2, 0) is 14.4 Å². The average molecular weight is 437 g/mol. The molecule has 1 aliphatic rings. The molecule has 3 amide bonds. The van der Waals surface area contributed by atoms with Gasteiger partial charge in [0.15, 0.2) is 0 Å². The molecule has 1 atom stereocenters. The molecule has 1 saturated heterocycles. The number of carbonyl (C=O) groups excluding carboxylic acids is 4. The van der Waals surface area contributed by atoms with Gasteiger partial charge >= 0.3 is 5.97 Å². The molecule has 2 aromatic carbocycles. The van der Waals surface area contributed by atoms with E-state index < -0.39 is 23.5 Å². The van der Waals surface area contributed by atoms with Gasteiger partial charge in [-0.3, -0.25) is 19.2 Å². The van der Waals surface area contributed by atoms with E-state index in [-0.39, 0.29) is 18.2 Å². The highest BCUT2D eigenvalue weighted by Crippen LogP contribution is 2.33. The van der Waals surface area contributed by atoms with Crippen LogP contribution < -0.4 is 9.64 Å². The maximum absolute atomic E-state index is 13.5. The van der Waals surface area contributed by atoms with Crippen molar-refractivity contribution in [1.82, 2.24) is 4.90 Å². The van der Waals surface area contributed by atoms with Gasteiger partial charge in [-0.15, -0.1) is 0 Å². The first-order valence-electron chi connectivity index (χ1n) is 10.6. The van der Waals surface area contributed by atoms with Crippen molar-refractivity contribution in [3.05, 3.63) is 59.7 Å². The Morgan fingerprint density at radius 2 is 1.66 bits per heavy atom. The Kier molecular flexibility index (Phi) is 6.48. The lowest BCUT2D eigenvalue weighted by atomic mass is 9.94. The Labute approximate surface area is 188 Å². The SMILES string of the molecule is CCC(C)(C)N(C(=O)c1ccc(C)cc1)C1CC(=O)N(c2ccc(OC(C)=O)cc2)C1=O. The van der Waals surface area contributed by atoms with Crippen LogP contribution in [0.15, 0.2) is 48.5 Å². The van der Waals surface area contributed by atoms with Crippen molar-refractivity contribution in [2.75, 3.05) is 4.90 Å². The van der Waals surface area contributed by atoms with Gasteiger partial charge in [-0.1, -0.05) is 24.6 Å². The predicted molar refractivity (Wildman–Crippen MR) is 120 cm³/mol. The van der Waals surface area contributed by atoms with Crippen LogP contribution >= 0.6 is 0 Å². The van der Waals surface area contributed by atoms with E-state index in [0.29, 0.717) is 23.4 Å². The van der Waals surface area contributed by atoms with Crippen LogP contribution in [0.5, 0.6) is 5.75 Å². The van der Waals surface area contributed by atoms with Gasteiger partial charge in [-0.05, 0) is 63.6 Å². The van der Waals surface area contributed by atoms with Gasteiger partial charge < -0.3 is 9.64 Å². The first kappa shape index (κ1) is 23.2. The van der Waals surface area contributed by atoms with Crippen LogP contribution in [0.2, 0.25) is 0 Å². The molecule has 0 aromatic heterocycles. The number of benzene rings is 2. The molecule has 0 aliphatic carbocycles. The quantitative estimate of drug-likeness (QED) is 0.390. The summed E-state index contributed by atoms with van der Waals surface area (Å²) in [6, 6.07) is 12.4. The fourth-order valence-electron chi connectivity index (χ4n) is 3.76. The van der Waals surface area contributed by atoms with E-state index in [1.807, 2.05) is 39.8 Å². The highest BCUT2D eigenvalue weighted by molar-refractivity contribution is 6.23. The number of carbonyl (C=O) groups is 4. The highest BCUT2D eigenvalue weighted by atomic mass is 16.5. The second-order valence-corrected chi connectivity index (χ2v) is 8.58. The standard InChI is InChI=1S/C25H28N2O5/c1-6-25(4,5)27(23(30)18-9-7-16(2)8-10-18)21-15-22(29)26(24(21)31)19-11-13-20(14-12-19)32-17(3)28/h7-14,21H,6,15H2,1-5H3. The van der Waals surface area contributed by atoms with Crippen molar-refractivity contribution in [3.63, 3.8) is 0 Å². The predicted octanol–water partition coefficient (Wildman–Crippen LogP) is 3.88. The molecule has 0 bridgehead atoms. The average Bonchev–Trinajstić information content (AvgIpc) is 3.02. The molecular weight excluding hydrogens is 408 g/mol. The number of hydrogen-bond donors (Lipinski definition) is 0. The molecule has 32 heavy (non-hydrogen) atoms. The number of ether oxygens (including phenoxy) is 1. The second kappa shape index (κ2) is 8.94. The molecule has 1 unspecified atom stereocenters. The number of imide groups is 1. The molecule has 0 radical (unpaired) electrons. The zero-order chi connectivity index (χ0) is 23.6. The van der Waals surface area contributed by atoms with Crippen LogP contribution in [0.4, 0.5) is 5.69 Å². The molecule has 7 heteroatoms. The van der Waals surface area contributed by atoms with E-state index in [9.17, 15) is 19.2 Å². The third-order valence-corrected chi connectivity index (χ3v) is 5.83. The summed E-state index contributed by atoms with van der Waals surface area (Å²) in [5, 5.41) is 0. The third kappa shape index (κ3) is 4.56. The molecule has 3 rings (SSSR count). The largest absolute Gasteiger partial charge is 0.427 e. The molecule has 168 valence electrons. The minimum atomic E-state index is -0.903. The van der Waals surface area contributed by atoms with Gasteiger partial charge in [0.25, 0.3) is 11.8 Å². The molecule has 0 spiro atoms. The first-order chi connectivity index (χ1) is 15.0. The molecule has 7 nitrogen and oxygen atoms in total. The number of esters is 1. The number of amides is 3. The Hall–Kier alpha value is -3.48. The number of anilines is 1. The maximum atomic E-state index is 13.5. The summed E-state index contributed by atoms with van der Waals surface area (Å²) in [6.45, 7) is 8.97. The smallest absolute Gasteiger partial charge is 0.308 e. The summed E-state index contributed by atoms with van der Waals surface area (Å²) >= 11 is 0. The zero-order valence-corrected chi connectivity index (χ0v) is 19.0. The van der Waals surface area contributed by atoms with Crippen molar-refractivity contribution < 1.29 is 23.9 Å². The molecule has 1 fully saturated rings. The Morgan fingerprint density at radius 3 is 2.19 bits per heavy atom. The monoisotopic (exact) mass is 436 g/mol. The normalized spacial score (nSPS) is 16.3. The lowest BCUT2D eigenvalue weighted by Gasteiger charge is -2.41. The van der Waals surface area contributed by atoms with Crippen molar-refractivity contribution >= 4 is 29.4 Å². The Morgan fingerprint density at radius 1 is 1.06 bits per heavy atom. The second-order valence-electron chi connectivity index (χ2n) is 8.58. The lowest BCUT2D eigenvalue weighted by molar-refractivity contribution is -0.132. The van der Waals surface area contributed by atoms with Crippen LogP contribution in [-0.4, -0.2) is 40.2 Å². The minimum Gasteiger partial charge on any atom is -0.427 e. The van der Waals surface area contributed by atoms with Gasteiger partial charge in [0.2, 0.25) is 5.91 Å². The molecule has 1 heterocycles. The van der Waals surface area contributed by atoms with E-state index in [1.165, 1.54) is 19.1 Å². The maximum Gasteiger partial charge on any atom is 0.308 e. The van der Waals surface area contributed by atoms with E-state index >= 15 is 0 Å². The number of rotatable bonds is 6. The van der Waals surface area contributed by atoms with Gasteiger partial charge in [0, 0.05) is 18.0 Å². The first-order valence-corrected chi connectivity index (χ1v) is 10.6. The summed E-state index contributed by atoms with van der Waals surface area (Å²) in [7, 11) is 0. The summed E-state index contributed by atoms with van der Waals surface area (Å²) in [5.74, 6) is -1.25. The molecule has 1 aliphatic heterocycles. The molecule has 0 saturated carbocycles. The lowest BCUT2D eigenvalue weighted by Crippen LogP contribution is -2.55. The number of nitrogens with zero attached hydrogens (tertiary/aromatic N) is 2. The van der Waals surface area contributed by atoms with Crippen LogP contribution in [0.25, 0.3) is 0 Å². The number of aryl methyl sites for hydroxylation is 1. The van der Waals surface area contributed by atoms with Crippen molar-refractivity contribution in [3.8, 4) is 5.75 Å². The highest BCUT2D eigenvalue weighted by Gasteiger charge is 2.48. The summed E-state index contributed by atoms with van der Waals surface area (Å²) in [5.41, 5.74) is 1.23. The number of hydrogen-bond acceptors (Lipinski definition) is 5. The van der Waals surface area contributed by atoms with Crippen molar-refractivity contribution in [2.45, 2.75) is 59.0 Å². The van der Waals surface area contributed by atoms with E-state index in [1.54, 1.807) is 29.2 Å². The van der Waals surface area contributed by atoms with E-state index in [2.05, 4.69) is 0 Å². The summed E-state index contributed by atoms with van der Waals surface area (Å²) in [4.78, 5) is 53.5. The third-order valence-electron chi connectivity index (χ3n) is 5.83. The van der Waals surface area contributed by atoms with Gasteiger partial charge in [-0.25, -0.2) is 4.90 Å². The van der Waals surface area contributed by atoms with Crippen molar-refractivity contribution in [1.29, 1.82) is 0 Å². The summed E-state index contributed by atoms with van der Waals surface area (Å²) in [6.07, 6.45) is 0.519. The van der Waals surface area contributed by atoms with E-state index in [4.69, 9.17) is 4.74 Å². The Balaban J connectivity index is 1.94. The Bertz CT molecular complexity index is 1040. The fraction of sp³-hybridized carbons (Fsp3) is 0.360.